The third-order valence-electron chi connectivity index (χ3n) is 3.36. The monoisotopic (exact) mass is 255 g/mol. The lowest BCUT2D eigenvalue weighted by atomic mass is 10.1. The first-order valence-corrected chi connectivity index (χ1v) is 6.61. The van der Waals surface area contributed by atoms with Gasteiger partial charge in [0.15, 0.2) is 0 Å². The minimum Gasteiger partial charge on any atom is -0.375 e. The van der Waals surface area contributed by atoms with Crippen molar-refractivity contribution in [2.45, 2.75) is 38.3 Å². The Morgan fingerprint density at radius 3 is 3.11 bits per heavy atom. The smallest absolute Gasteiger partial charge is 0.318 e. The molecule has 18 heavy (non-hydrogen) atoms. The molecule has 0 spiro atoms. The van der Waals surface area contributed by atoms with Gasteiger partial charge < -0.3 is 20.3 Å². The van der Waals surface area contributed by atoms with Gasteiger partial charge in [0, 0.05) is 19.6 Å². The van der Waals surface area contributed by atoms with Crippen LogP contribution < -0.4 is 10.6 Å². The summed E-state index contributed by atoms with van der Waals surface area (Å²) in [5, 5.41) is 5.63. The number of rotatable bonds is 1. The minimum atomic E-state index is -0.391. The van der Waals surface area contributed by atoms with Crippen molar-refractivity contribution in [1.29, 1.82) is 0 Å². The summed E-state index contributed by atoms with van der Waals surface area (Å²) in [5.41, 5.74) is 0. The van der Waals surface area contributed by atoms with Crippen LogP contribution in [-0.4, -0.2) is 55.2 Å². The number of nitrogens with zero attached hydrogens (tertiary/aromatic N) is 1. The molecule has 0 aliphatic carbocycles. The van der Waals surface area contributed by atoms with Gasteiger partial charge in [-0.25, -0.2) is 4.79 Å². The quantitative estimate of drug-likeness (QED) is 0.697. The molecule has 2 rings (SSSR count). The number of hydrogen-bond donors (Lipinski definition) is 2. The van der Waals surface area contributed by atoms with Crippen LogP contribution in [-0.2, 0) is 9.53 Å². The Morgan fingerprint density at radius 2 is 2.33 bits per heavy atom. The summed E-state index contributed by atoms with van der Waals surface area (Å²) >= 11 is 0. The number of carbonyl (C=O) groups is 2. The number of amides is 3. The molecular formula is C12H21N3O3. The van der Waals surface area contributed by atoms with Crippen molar-refractivity contribution >= 4 is 11.9 Å². The lowest BCUT2D eigenvalue weighted by molar-refractivity contribution is -0.122. The van der Waals surface area contributed by atoms with Crippen LogP contribution in [0.5, 0.6) is 0 Å². The van der Waals surface area contributed by atoms with Crippen molar-refractivity contribution in [3.8, 4) is 0 Å². The summed E-state index contributed by atoms with van der Waals surface area (Å²) in [6.07, 6.45) is 2.72. The predicted octanol–water partition coefficient (Wildman–Crippen LogP) is 0.0854. The molecule has 2 aliphatic rings. The second-order valence-corrected chi connectivity index (χ2v) is 4.92. The van der Waals surface area contributed by atoms with E-state index in [-0.39, 0.29) is 18.0 Å². The van der Waals surface area contributed by atoms with Crippen LogP contribution in [0.3, 0.4) is 0 Å². The number of carbonyl (C=O) groups excluding carboxylic acids is 2. The van der Waals surface area contributed by atoms with Gasteiger partial charge in [0.25, 0.3) is 0 Å². The van der Waals surface area contributed by atoms with Crippen molar-refractivity contribution in [2.24, 2.45) is 0 Å². The molecule has 6 nitrogen and oxygen atoms in total. The highest BCUT2D eigenvalue weighted by Gasteiger charge is 2.27. The van der Waals surface area contributed by atoms with E-state index in [1.807, 2.05) is 6.92 Å². The van der Waals surface area contributed by atoms with Gasteiger partial charge in [-0.2, -0.15) is 0 Å². The Morgan fingerprint density at radius 1 is 1.50 bits per heavy atom. The van der Waals surface area contributed by atoms with Crippen molar-refractivity contribution in [3.05, 3.63) is 0 Å². The molecule has 0 aromatic carbocycles. The highest BCUT2D eigenvalue weighted by Crippen LogP contribution is 2.08. The zero-order valence-corrected chi connectivity index (χ0v) is 10.8. The first-order valence-electron chi connectivity index (χ1n) is 6.61. The summed E-state index contributed by atoms with van der Waals surface area (Å²) < 4.78 is 5.39. The van der Waals surface area contributed by atoms with E-state index in [9.17, 15) is 9.59 Å². The van der Waals surface area contributed by atoms with Gasteiger partial charge in [-0.15, -0.1) is 0 Å². The van der Waals surface area contributed by atoms with E-state index in [2.05, 4.69) is 10.6 Å². The van der Waals surface area contributed by atoms with Crippen molar-refractivity contribution in [3.63, 3.8) is 0 Å². The zero-order valence-electron chi connectivity index (χ0n) is 10.8. The molecule has 0 bridgehead atoms. The van der Waals surface area contributed by atoms with Crippen LogP contribution in [0.4, 0.5) is 4.79 Å². The van der Waals surface area contributed by atoms with Gasteiger partial charge in [-0.3, -0.25) is 4.79 Å². The summed E-state index contributed by atoms with van der Waals surface area (Å²) in [6.45, 7) is 4.38. The molecule has 6 heteroatoms. The second kappa shape index (κ2) is 6.04. The van der Waals surface area contributed by atoms with Gasteiger partial charge in [-0.05, 0) is 26.2 Å². The summed E-state index contributed by atoms with van der Waals surface area (Å²) in [5.74, 6) is -0.0674. The molecule has 0 saturated carbocycles. The van der Waals surface area contributed by atoms with E-state index >= 15 is 0 Å². The average molecular weight is 255 g/mol. The van der Waals surface area contributed by atoms with Gasteiger partial charge >= 0.3 is 6.03 Å². The van der Waals surface area contributed by atoms with E-state index < -0.39 is 6.04 Å². The fourth-order valence-electron chi connectivity index (χ4n) is 2.32. The maximum absolute atomic E-state index is 12.0. The summed E-state index contributed by atoms with van der Waals surface area (Å²) in [4.78, 5) is 25.5. The molecule has 0 unspecified atom stereocenters. The van der Waals surface area contributed by atoms with Gasteiger partial charge in [0.05, 0.1) is 12.7 Å². The third kappa shape index (κ3) is 3.35. The molecule has 102 valence electrons. The number of nitrogens with one attached hydrogen (secondary N) is 2. The molecule has 0 aromatic heterocycles. The van der Waals surface area contributed by atoms with Crippen LogP contribution in [0.25, 0.3) is 0 Å². The fourth-order valence-corrected chi connectivity index (χ4v) is 2.32. The van der Waals surface area contributed by atoms with Crippen molar-refractivity contribution in [1.82, 2.24) is 15.5 Å². The normalized spacial score (nSPS) is 29.4. The van der Waals surface area contributed by atoms with Crippen molar-refractivity contribution < 1.29 is 14.3 Å². The molecule has 2 N–H and O–H groups in total. The number of urea groups is 1. The van der Waals surface area contributed by atoms with E-state index in [1.54, 1.807) is 4.90 Å². The molecular weight excluding hydrogens is 234 g/mol. The second-order valence-electron chi connectivity index (χ2n) is 4.92. The molecule has 3 amide bonds. The first kappa shape index (κ1) is 13.1. The van der Waals surface area contributed by atoms with Crippen LogP contribution in [0.15, 0.2) is 0 Å². The lowest BCUT2D eigenvalue weighted by Crippen LogP contribution is -2.54. The topological polar surface area (TPSA) is 70.7 Å². The Balaban J connectivity index is 1.87. The molecule has 2 aliphatic heterocycles. The Hall–Kier alpha value is -1.30. The summed E-state index contributed by atoms with van der Waals surface area (Å²) in [7, 11) is 0. The average Bonchev–Trinajstić information content (AvgIpc) is 2.55. The van der Waals surface area contributed by atoms with E-state index in [1.165, 1.54) is 0 Å². The van der Waals surface area contributed by atoms with Crippen molar-refractivity contribution in [2.75, 3.05) is 26.2 Å². The molecule has 0 radical (unpaired) electrons. The Labute approximate surface area is 107 Å². The molecule has 2 saturated heterocycles. The first-order chi connectivity index (χ1) is 8.66. The SMILES string of the molecule is C[C@H]1CN(C(=O)N[C@H]2CCCCNC2=O)CCO1. The maximum Gasteiger partial charge on any atom is 0.318 e. The van der Waals surface area contributed by atoms with Gasteiger partial charge in [0.1, 0.15) is 6.04 Å². The van der Waals surface area contributed by atoms with Crippen LogP contribution in [0.1, 0.15) is 26.2 Å². The Kier molecular flexibility index (Phi) is 4.41. The highest BCUT2D eigenvalue weighted by atomic mass is 16.5. The third-order valence-corrected chi connectivity index (χ3v) is 3.36. The fraction of sp³-hybridized carbons (Fsp3) is 0.833. The molecule has 2 atom stereocenters. The van der Waals surface area contributed by atoms with E-state index in [4.69, 9.17) is 4.74 Å². The molecule has 2 heterocycles. The zero-order chi connectivity index (χ0) is 13.0. The minimum absolute atomic E-state index is 0.0625. The molecule has 2 fully saturated rings. The summed E-state index contributed by atoms with van der Waals surface area (Å²) in [6, 6.07) is -0.551. The highest BCUT2D eigenvalue weighted by molar-refractivity contribution is 5.87. The maximum atomic E-state index is 12.0. The largest absolute Gasteiger partial charge is 0.375 e. The van der Waals surface area contributed by atoms with Crippen LogP contribution in [0.2, 0.25) is 0 Å². The van der Waals surface area contributed by atoms with E-state index in [0.29, 0.717) is 26.2 Å². The van der Waals surface area contributed by atoms with Crippen LogP contribution in [0, 0.1) is 0 Å². The number of ether oxygens (including phenoxy) is 1. The standard InChI is InChI=1S/C12H21N3O3/c1-9-8-15(6-7-18-9)12(17)14-10-4-2-3-5-13-11(10)16/h9-10H,2-8H2,1H3,(H,13,16)(H,14,17)/t9-,10-/m0/s1. The molecule has 0 aromatic rings. The lowest BCUT2D eigenvalue weighted by Gasteiger charge is -2.32. The number of hydrogen-bond acceptors (Lipinski definition) is 3. The van der Waals surface area contributed by atoms with Gasteiger partial charge in [-0.1, -0.05) is 0 Å². The predicted molar refractivity (Wildman–Crippen MR) is 66.2 cm³/mol. The van der Waals surface area contributed by atoms with Crippen LogP contribution >= 0.6 is 0 Å². The number of morpholine rings is 1. The Bertz CT molecular complexity index is 322. The van der Waals surface area contributed by atoms with E-state index in [0.717, 1.165) is 19.3 Å². The van der Waals surface area contributed by atoms with Gasteiger partial charge in [0.2, 0.25) is 5.91 Å².